The SMILES string of the molecule is C=C(SCCC(C)C(C)(C)SCC)N(C)CCO. The van der Waals surface area contributed by atoms with Crippen LogP contribution in [0.15, 0.2) is 11.6 Å². The maximum Gasteiger partial charge on any atom is 0.0632 e. The van der Waals surface area contributed by atoms with E-state index in [-0.39, 0.29) is 6.61 Å². The van der Waals surface area contributed by atoms with Gasteiger partial charge < -0.3 is 10.0 Å². The molecule has 0 aliphatic heterocycles. The Morgan fingerprint density at radius 1 is 1.44 bits per heavy atom. The highest BCUT2D eigenvalue weighted by atomic mass is 32.2. The summed E-state index contributed by atoms with van der Waals surface area (Å²) in [6.45, 7) is 14.1. The van der Waals surface area contributed by atoms with E-state index in [1.807, 2.05) is 23.7 Å². The summed E-state index contributed by atoms with van der Waals surface area (Å²) in [7, 11) is 1.98. The van der Waals surface area contributed by atoms with Crippen LogP contribution < -0.4 is 0 Å². The molecule has 4 heteroatoms. The highest BCUT2D eigenvalue weighted by Gasteiger charge is 2.25. The Morgan fingerprint density at radius 2 is 2.06 bits per heavy atom. The van der Waals surface area contributed by atoms with E-state index in [2.05, 4.69) is 34.3 Å². The molecule has 108 valence electrons. The Bertz CT molecular complexity index is 244. The predicted octanol–water partition coefficient (Wildman–Crippen LogP) is 3.67. The quantitative estimate of drug-likeness (QED) is 0.663. The normalized spacial score (nSPS) is 13.4. The van der Waals surface area contributed by atoms with Crippen LogP contribution in [0.4, 0.5) is 0 Å². The second-order valence-electron chi connectivity index (χ2n) is 5.11. The van der Waals surface area contributed by atoms with Crippen LogP contribution in [0.5, 0.6) is 0 Å². The summed E-state index contributed by atoms with van der Waals surface area (Å²) in [4.78, 5) is 2.02. The van der Waals surface area contributed by atoms with Crippen molar-refractivity contribution < 1.29 is 5.11 Å². The fourth-order valence-electron chi connectivity index (χ4n) is 1.60. The van der Waals surface area contributed by atoms with Gasteiger partial charge in [-0.15, -0.1) is 11.8 Å². The third kappa shape index (κ3) is 6.95. The Labute approximate surface area is 122 Å². The van der Waals surface area contributed by atoms with Gasteiger partial charge in [0.2, 0.25) is 0 Å². The van der Waals surface area contributed by atoms with Crippen molar-refractivity contribution in [3.63, 3.8) is 0 Å². The van der Waals surface area contributed by atoms with E-state index in [9.17, 15) is 0 Å². The van der Waals surface area contributed by atoms with Crippen molar-refractivity contribution in [3.8, 4) is 0 Å². The van der Waals surface area contributed by atoms with Gasteiger partial charge in [-0.3, -0.25) is 0 Å². The van der Waals surface area contributed by atoms with Gasteiger partial charge in [0, 0.05) is 18.3 Å². The average Bonchev–Trinajstić information content (AvgIpc) is 2.28. The van der Waals surface area contributed by atoms with E-state index in [4.69, 9.17) is 5.11 Å². The Kier molecular flexibility index (Phi) is 9.26. The molecule has 18 heavy (non-hydrogen) atoms. The monoisotopic (exact) mass is 291 g/mol. The van der Waals surface area contributed by atoms with Gasteiger partial charge in [-0.25, -0.2) is 0 Å². The summed E-state index contributed by atoms with van der Waals surface area (Å²) in [5.74, 6) is 2.98. The number of hydrogen-bond donors (Lipinski definition) is 1. The van der Waals surface area contributed by atoms with Crippen LogP contribution in [0.1, 0.15) is 34.1 Å². The molecule has 1 unspecified atom stereocenters. The molecule has 0 spiro atoms. The van der Waals surface area contributed by atoms with Crippen LogP contribution >= 0.6 is 23.5 Å². The van der Waals surface area contributed by atoms with Crippen molar-refractivity contribution in [2.75, 3.05) is 31.7 Å². The minimum absolute atomic E-state index is 0.187. The van der Waals surface area contributed by atoms with Crippen LogP contribution in [0.2, 0.25) is 0 Å². The lowest BCUT2D eigenvalue weighted by atomic mass is 9.94. The zero-order valence-electron chi connectivity index (χ0n) is 12.5. The minimum Gasteiger partial charge on any atom is -0.395 e. The van der Waals surface area contributed by atoms with Crippen molar-refractivity contribution in [2.24, 2.45) is 5.92 Å². The molecule has 0 heterocycles. The van der Waals surface area contributed by atoms with E-state index in [1.165, 1.54) is 12.2 Å². The smallest absolute Gasteiger partial charge is 0.0632 e. The summed E-state index contributed by atoms with van der Waals surface area (Å²) < 4.78 is 0.355. The van der Waals surface area contributed by atoms with Crippen molar-refractivity contribution in [1.29, 1.82) is 0 Å². The fraction of sp³-hybridized carbons (Fsp3) is 0.857. The molecule has 0 rings (SSSR count). The molecule has 0 saturated heterocycles. The van der Waals surface area contributed by atoms with E-state index in [0.717, 1.165) is 10.8 Å². The first kappa shape index (κ1) is 18.2. The molecule has 0 aliphatic rings. The number of rotatable bonds is 10. The molecule has 0 fully saturated rings. The molecule has 0 radical (unpaired) electrons. The maximum atomic E-state index is 8.87. The summed E-state index contributed by atoms with van der Waals surface area (Å²) in [5, 5.41) is 9.92. The number of nitrogens with zero attached hydrogens (tertiary/aromatic N) is 1. The summed E-state index contributed by atoms with van der Waals surface area (Å²) >= 11 is 3.84. The van der Waals surface area contributed by atoms with Crippen molar-refractivity contribution >= 4 is 23.5 Å². The summed E-state index contributed by atoms with van der Waals surface area (Å²) in [6.07, 6.45) is 1.21. The standard InChI is InChI=1S/C14H29NOS2/c1-7-18-14(4,5)12(2)8-11-17-13(3)15(6)9-10-16/h12,16H,3,7-11H2,1-2,4-6H3. The molecule has 0 aromatic rings. The Balaban J connectivity index is 3.93. The van der Waals surface area contributed by atoms with E-state index in [1.54, 1.807) is 11.8 Å². The maximum absolute atomic E-state index is 8.87. The van der Waals surface area contributed by atoms with Gasteiger partial charge in [0.1, 0.15) is 0 Å². The largest absolute Gasteiger partial charge is 0.395 e. The second-order valence-corrected chi connectivity index (χ2v) is 8.20. The molecule has 0 aliphatic carbocycles. The molecule has 2 nitrogen and oxygen atoms in total. The third-order valence-electron chi connectivity index (χ3n) is 3.38. The molecule has 1 N–H and O–H groups in total. The highest BCUT2D eigenvalue weighted by Crippen LogP contribution is 2.35. The van der Waals surface area contributed by atoms with Crippen molar-refractivity contribution in [3.05, 3.63) is 11.6 Å². The first-order valence-corrected chi connectivity index (χ1v) is 8.60. The van der Waals surface area contributed by atoms with Crippen LogP contribution in [-0.2, 0) is 0 Å². The molecule has 0 aromatic heterocycles. The van der Waals surface area contributed by atoms with Gasteiger partial charge in [-0.1, -0.05) is 34.3 Å². The molecule has 0 aromatic carbocycles. The lowest BCUT2D eigenvalue weighted by molar-refractivity contribution is 0.252. The molecule has 0 saturated carbocycles. The topological polar surface area (TPSA) is 23.5 Å². The van der Waals surface area contributed by atoms with Crippen molar-refractivity contribution in [2.45, 2.75) is 38.9 Å². The van der Waals surface area contributed by atoms with Gasteiger partial charge in [-0.05, 0) is 23.8 Å². The van der Waals surface area contributed by atoms with Crippen LogP contribution in [0.25, 0.3) is 0 Å². The Morgan fingerprint density at radius 3 is 2.56 bits per heavy atom. The number of hydrogen-bond acceptors (Lipinski definition) is 4. The number of aliphatic hydroxyl groups is 1. The van der Waals surface area contributed by atoms with E-state index >= 15 is 0 Å². The highest BCUT2D eigenvalue weighted by molar-refractivity contribution is 8.03. The predicted molar refractivity (Wildman–Crippen MR) is 87.3 cm³/mol. The van der Waals surface area contributed by atoms with E-state index in [0.29, 0.717) is 17.2 Å². The number of aliphatic hydroxyl groups excluding tert-OH is 1. The van der Waals surface area contributed by atoms with Gasteiger partial charge in [0.05, 0.1) is 11.6 Å². The average molecular weight is 292 g/mol. The first-order chi connectivity index (χ1) is 8.35. The van der Waals surface area contributed by atoms with Crippen LogP contribution in [0, 0.1) is 5.92 Å². The van der Waals surface area contributed by atoms with Gasteiger partial charge in [0.25, 0.3) is 0 Å². The lowest BCUT2D eigenvalue weighted by Gasteiger charge is -2.31. The molecule has 1 atom stereocenters. The zero-order chi connectivity index (χ0) is 14.2. The van der Waals surface area contributed by atoms with Gasteiger partial charge in [-0.2, -0.15) is 11.8 Å². The first-order valence-electron chi connectivity index (χ1n) is 6.62. The zero-order valence-corrected chi connectivity index (χ0v) is 14.2. The molecular weight excluding hydrogens is 262 g/mol. The van der Waals surface area contributed by atoms with Crippen LogP contribution in [-0.4, -0.2) is 46.5 Å². The van der Waals surface area contributed by atoms with E-state index < -0.39 is 0 Å². The van der Waals surface area contributed by atoms with Crippen molar-refractivity contribution in [1.82, 2.24) is 4.90 Å². The molecular formula is C14H29NOS2. The second kappa shape index (κ2) is 9.16. The lowest BCUT2D eigenvalue weighted by Crippen LogP contribution is -2.26. The van der Waals surface area contributed by atoms with Gasteiger partial charge >= 0.3 is 0 Å². The number of thioether (sulfide) groups is 2. The minimum atomic E-state index is 0.187. The van der Waals surface area contributed by atoms with Gasteiger partial charge in [0.15, 0.2) is 0 Å². The summed E-state index contributed by atoms with van der Waals surface area (Å²) in [6, 6.07) is 0. The fourth-order valence-corrected chi connectivity index (χ4v) is 3.77. The number of likely N-dealkylation sites (N-methyl/N-ethyl adjacent to an activating group) is 1. The Hall–Kier alpha value is 0.200. The summed E-state index contributed by atoms with van der Waals surface area (Å²) in [5.41, 5.74) is 0. The van der Waals surface area contributed by atoms with Crippen LogP contribution in [0.3, 0.4) is 0 Å². The molecule has 0 bridgehead atoms. The third-order valence-corrected chi connectivity index (χ3v) is 5.90. The molecule has 0 amide bonds.